The molecule has 0 aromatic carbocycles. The van der Waals surface area contributed by atoms with Crippen molar-refractivity contribution in [2.75, 3.05) is 26.3 Å². The SMILES string of the molecule is CC(C)C1NC(=O)CCN(CCC2CCOC2)C1=O. The van der Waals surface area contributed by atoms with Crippen molar-refractivity contribution < 1.29 is 14.3 Å². The van der Waals surface area contributed by atoms with Crippen molar-refractivity contribution in [3.05, 3.63) is 0 Å². The summed E-state index contributed by atoms with van der Waals surface area (Å²) in [6.07, 6.45) is 2.48. The Kier molecular flexibility index (Phi) is 4.80. The van der Waals surface area contributed by atoms with E-state index >= 15 is 0 Å². The van der Waals surface area contributed by atoms with Gasteiger partial charge >= 0.3 is 0 Å². The Balaban J connectivity index is 1.93. The van der Waals surface area contributed by atoms with Crippen molar-refractivity contribution in [1.29, 1.82) is 0 Å². The highest BCUT2D eigenvalue weighted by Gasteiger charge is 2.32. The molecule has 108 valence electrons. The standard InChI is InChI=1S/C14H24N2O3/c1-10(2)13-14(18)16(7-4-12(17)15-13)6-3-11-5-8-19-9-11/h10-11,13H,3-9H2,1-2H3,(H,15,17). The molecule has 0 aromatic heterocycles. The first-order chi connectivity index (χ1) is 9.08. The van der Waals surface area contributed by atoms with Gasteiger partial charge in [0, 0.05) is 32.7 Å². The first kappa shape index (κ1) is 14.3. The number of hydrogen-bond donors (Lipinski definition) is 1. The molecule has 5 nitrogen and oxygen atoms in total. The van der Waals surface area contributed by atoms with E-state index in [-0.39, 0.29) is 23.8 Å². The van der Waals surface area contributed by atoms with Gasteiger partial charge in [0.1, 0.15) is 6.04 Å². The Morgan fingerprint density at radius 2 is 2.21 bits per heavy atom. The molecule has 2 heterocycles. The van der Waals surface area contributed by atoms with Crippen LogP contribution in [0, 0.1) is 11.8 Å². The first-order valence-electron chi connectivity index (χ1n) is 7.24. The minimum absolute atomic E-state index is 0.0150. The van der Waals surface area contributed by atoms with Gasteiger partial charge in [-0.2, -0.15) is 0 Å². The predicted molar refractivity (Wildman–Crippen MR) is 71.5 cm³/mol. The third-order valence-electron chi connectivity index (χ3n) is 4.00. The van der Waals surface area contributed by atoms with Gasteiger partial charge in [0.15, 0.2) is 0 Å². The minimum Gasteiger partial charge on any atom is -0.381 e. The average Bonchev–Trinajstić information content (AvgIpc) is 2.83. The van der Waals surface area contributed by atoms with Gasteiger partial charge in [-0.15, -0.1) is 0 Å². The normalized spacial score (nSPS) is 28.7. The quantitative estimate of drug-likeness (QED) is 0.820. The zero-order chi connectivity index (χ0) is 13.8. The van der Waals surface area contributed by atoms with Crippen molar-refractivity contribution in [2.24, 2.45) is 11.8 Å². The zero-order valence-electron chi connectivity index (χ0n) is 11.9. The molecule has 1 N–H and O–H groups in total. The summed E-state index contributed by atoms with van der Waals surface area (Å²) in [5.74, 6) is 0.752. The second-order valence-corrected chi connectivity index (χ2v) is 5.88. The predicted octanol–water partition coefficient (Wildman–Crippen LogP) is 0.786. The molecule has 2 unspecified atom stereocenters. The number of rotatable bonds is 4. The fourth-order valence-electron chi connectivity index (χ4n) is 2.67. The van der Waals surface area contributed by atoms with Gasteiger partial charge in [0.2, 0.25) is 11.8 Å². The highest BCUT2D eigenvalue weighted by Crippen LogP contribution is 2.18. The summed E-state index contributed by atoms with van der Waals surface area (Å²) >= 11 is 0. The number of carbonyl (C=O) groups is 2. The molecule has 5 heteroatoms. The highest BCUT2D eigenvalue weighted by atomic mass is 16.5. The molecule has 0 aromatic rings. The summed E-state index contributed by atoms with van der Waals surface area (Å²) in [4.78, 5) is 25.9. The molecule has 19 heavy (non-hydrogen) atoms. The molecule has 2 aliphatic heterocycles. The van der Waals surface area contributed by atoms with E-state index in [4.69, 9.17) is 4.74 Å². The number of ether oxygens (including phenoxy) is 1. The van der Waals surface area contributed by atoms with Gasteiger partial charge in [-0.3, -0.25) is 9.59 Å². The number of amides is 2. The maximum atomic E-state index is 12.4. The Bertz CT molecular complexity index is 338. The number of hydrogen-bond acceptors (Lipinski definition) is 3. The summed E-state index contributed by atoms with van der Waals surface area (Å²) in [6.45, 7) is 6.88. The van der Waals surface area contributed by atoms with Crippen LogP contribution in [0.2, 0.25) is 0 Å². The second-order valence-electron chi connectivity index (χ2n) is 5.88. The summed E-state index contributed by atoms with van der Waals surface area (Å²) < 4.78 is 5.36. The maximum Gasteiger partial charge on any atom is 0.245 e. The lowest BCUT2D eigenvalue weighted by molar-refractivity contribution is -0.134. The third kappa shape index (κ3) is 3.69. The molecule has 0 spiro atoms. The largest absolute Gasteiger partial charge is 0.381 e. The van der Waals surface area contributed by atoms with Gasteiger partial charge in [-0.1, -0.05) is 13.8 Å². The monoisotopic (exact) mass is 268 g/mol. The van der Waals surface area contributed by atoms with Crippen molar-refractivity contribution in [3.63, 3.8) is 0 Å². The van der Waals surface area contributed by atoms with E-state index in [9.17, 15) is 9.59 Å². The van der Waals surface area contributed by atoms with Crippen LogP contribution in [-0.4, -0.2) is 49.1 Å². The topological polar surface area (TPSA) is 58.6 Å². The molecular weight excluding hydrogens is 244 g/mol. The van der Waals surface area contributed by atoms with Crippen LogP contribution in [0.25, 0.3) is 0 Å². The van der Waals surface area contributed by atoms with Crippen LogP contribution in [0.1, 0.15) is 33.1 Å². The molecule has 2 rings (SSSR count). The van der Waals surface area contributed by atoms with E-state index in [0.717, 1.165) is 32.6 Å². The number of carbonyl (C=O) groups excluding carboxylic acids is 2. The fourth-order valence-corrected chi connectivity index (χ4v) is 2.67. The lowest BCUT2D eigenvalue weighted by Gasteiger charge is -2.26. The second kappa shape index (κ2) is 6.37. The minimum atomic E-state index is -0.366. The van der Waals surface area contributed by atoms with E-state index in [2.05, 4.69) is 5.32 Å². The van der Waals surface area contributed by atoms with Gasteiger partial charge in [-0.05, 0) is 24.7 Å². The van der Waals surface area contributed by atoms with E-state index in [1.54, 1.807) is 0 Å². The number of nitrogens with one attached hydrogen (secondary N) is 1. The van der Waals surface area contributed by atoms with Crippen molar-refractivity contribution in [2.45, 2.75) is 39.2 Å². The van der Waals surface area contributed by atoms with Crippen LogP contribution in [0.3, 0.4) is 0 Å². The van der Waals surface area contributed by atoms with Gasteiger partial charge in [-0.25, -0.2) is 0 Å². The highest BCUT2D eigenvalue weighted by molar-refractivity contribution is 5.90. The van der Waals surface area contributed by atoms with Crippen LogP contribution in [0.5, 0.6) is 0 Å². The summed E-state index contributed by atoms with van der Waals surface area (Å²) in [5.41, 5.74) is 0. The molecular formula is C14H24N2O3. The molecule has 2 amide bonds. The Morgan fingerprint density at radius 3 is 2.84 bits per heavy atom. The average molecular weight is 268 g/mol. The number of nitrogens with zero attached hydrogens (tertiary/aromatic N) is 1. The molecule has 0 aliphatic carbocycles. The van der Waals surface area contributed by atoms with E-state index in [1.807, 2.05) is 18.7 Å². The maximum absolute atomic E-state index is 12.4. The Labute approximate surface area is 114 Å². The summed E-state index contributed by atoms with van der Waals surface area (Å²) in [5, 5.41) is 2.83. The lowest BCUT2D eigenvalue weighted by atomic mass is 10.0. The van der Waals surface area contributed by atoms with E-state index < -0.39 is 0 Å². The summed E-state index contributed by atoms with van der Waals surface area (Å²) in [6, 6.07) is -0.366. The van der Waals surface area contributed by atoms with E-state index in [0.29, 0.717) is 18.9 Å². The van der Waals surface area contributed by atoms with Crippen LogP contribution in [-0.2, 0) is 14.3 Å². The smallest absolute Gasteiger partial charge is 0.245 e. The lowest BCUT2D eigenvalue weighted by Crippen LogP contribution is -2.48. The molecule has 2 aliphatic rings. The molecule has 0 radical (unpaired) electrons. The molecule has 0 saturated carbocycles. The van der Waals surface area contributed by atoms with Gasteiger partial charge < -0.3 is 15.0 Å². The molecule has 2 atom stereocenters. The Hall–Kier alpha value is -1.10. The van der Waals surface area contributed by atoms with Crippen molar-refractivity contribution in [1.82, 2.24) is 10.2 Å². The first-order valence-corrected chi connectivity index (χ1v) is 7.24. The van der Waals surface area contributed by atoms with Gasteiger partial charge in [0.25, 0.3) is 0 Å². The molecule has 2 fully saturated rings. The van der Waals surface area contributed by atoms with Crippen LogP contribution < -0.4 is 5.32 Å². The summed E-state index contributed by atoms with van der Waals surface area (Å²) in [7, 11) is 0. The van der Waals surface area contributed by atoms with Crippen LogP contribution in [0.15, 0.2) is 0 Å². The van der Waals surface area contributed by atoms with Crippen molar-refractivity contribution >= 4 is 11.8 Å². The third-order valence-corrected chi connectivity index (χ3v) is 4.00. The molecule has 2 saturated heterocycles. The van der Waals surface area contributed by atoms with Crippen LogP contribution >= 0.6 is 0 Å². The van der Waals surface area contributed by atoms with Crippen molar-refractivity contribution in [3.8, 4) is 0 Å². The fraction of sp³-hybridized carbons (Fsp3) is 0.857. The van der Waals surface area contributed by atoms with Crippen LogP contribution in [0.4, 0.5) is 0 Å². The zero-order valence-corrected chi connectivity index (χ0v) is 11.9. The Morgan fingerprint density at radius 1 is 1.42 bits per heavy atom. The van der Waals surface area contributed by atoms with E-state index in [1.165, 1.54) is 0 Å². The molecule has 0 bridgehead atoms. The van der Waals surface area contributed by atoms with Gasteiger partial charge in [0.05, 0.1) is 0 Å².